The monoisotopic (exact) mass is 396 g/mol. The summed E-state index contributed by atoms with van der Waals surface area (Å²) >= 11 is 0. The van der Waals surface area contributed by atoms with Crippen molar-refractivity contribution in [3.8, 4) is 11.5 Å². The highest BCUT2D eigenvalue weighted by Crippen LogP contribution is 2.28. The van der Waals surface area contributed by atoms with E-state index in [2.05, 4.69) is 37.4 Å². The standard InChI is InChI=1S/C24H32N2O3/c1-17-7-10-20(14-18(17)2)25-21-6-5-13-26(16-21)24(27)12-9-19-8-11-22(28-3)23(15-19)29-4/h7-8,10-11,14-15,21,25H,5-6,9,12-13,16H2,1-4H3/t21-/m0/s1. The minimum absolute atomic E-state index is 0.214. The molecule has 0 unspecified atom stereocenters. The molecule has 3 rings (SSSR count). The number of hydrogen-bond donors (Lipinski definition) is 1. The molecule has 5 nitrogen and oxygen atoms in total. The third-order valence-corrected chi connectivity index (χ3v) is 5.73. The summed E-state index contributed by atoms with van der Waals surface area (Å²) in [6.45, 7) is 5.86. The number of likely N-dealkylation sites (tertiary alicyclic amines) is 1. The van der Waals surface area contributed by atoms with Gasteiger partial charge in [0, 0.05) is 31.2 Å². The molecule has 1 aliphatic heterocycles. The fraction of sp³-hybridized carbons (Fsp3) is 0.458. The number of nitrogens with zero attached hydrogens (tertiary/aromatic N) is 1. The molecule has 2 aromatic rings. The number of ether oxygens (including phenoxy) is 2. The highest BCUT2D eigenvalue weighted by molar-refractivity contribution is 5.76. The molecule has 0 radical (unpaired) electrons. The van der Waals surface area contributed by atoms with Gasteiger partial charge in [-0.1, -0.05) is 12.1 Å². The number of carbonyl (C=O) groups is 1. The molecule has 156 valence electrons. The summed E-state index contributed by atoms with van der Waals surface area (Å²) in [4.78, 5) is 14.8. The molecule has 0 aromatic heterocycles. The number of anilines is 1. The zero-order valence-electron chi connectivity index (χ0n) is 18.0. The molecule has 0 aliphatic carbocycles. The molecule has 1 aliphatic rings. The summed E-state index contributed by atoms with van der Waals surface area (Å²) in [6.07, 6.45) is 3.33. The Bertz CT molecular complexity index is 850. The van der Waals surface area contributed by atoms with Crippen molar-refractivity contribution in [1.29, 1.82) is 0 Å². The summed E-state index contributed by atoms with van der Waals surface area (Å²) in [7, 11) is 3.25. The van der Waals surface area contributed by atoms with Crippen LogP contribution in [0.15, 0.2) is 36.4 Å². The fourth-order valence-electron chi connectivity index (χ4n) is 3.83. The number of nitrogens with one attached hydrogen (secondary N) is 1. The lowest BCUT2D eigenvalue weighted by atomic mass is 10.0. The smallest absolute Gasteiger partial charge is 0.222 e. The third kappa shape index (κ3) is 5.43. The summed E-state index contributed by atoms with van der Waals surface area (Å²) in [5.74, 6) is 1.62. The topological polar surface area (TPSA) is 50.8 Å². The van der Waals surface area contributed by atoms with Crippen LogP contribution in [0.25, 0.3) is 0 Å². The average molecular weight is 397 g/mol. The van der Waals surface area contributed by atoms with E-state index in [4.69, 9.17) is 9.47 Å². The van der Waals surface area contributed by atoms with Crippen molar-refractivity contribution in [3.63, 3.8) is 0 Å². The molecular weight excluding hydrogens is 364 g/mol. The first kappa shape index (κ1) is 21.0. The van der Waals surface area contributed by atoms with Gasteiger partial charge in [0.1, 0.15) is 0 Å². The zero-order valence-corrected chi connectivity index (χ0v) is 18.0. The van der Waals surface area contributed by atoms with Crippen LogP contribution in [0, 0.1) is 13.8 Å². The van der Waals surface area contributed by atoms with E-state index in [-0.39, 0.29) is 5.91 Å². The van der Waals surface area contributed by atoms with Gasteiger partial charge < -0.3 is 19.7 Å². The molecule has 1 amide bonds. The lowest BCUT2D eigenvalue weighted by Crippen LogP contribution is -2.45. The van der Waals surface area contributed by atoms with Crippen molar-refractivity contribution in [2.45, 2.75) is 45.6 Å². The van der Waals surface area contributed by atoms with Gasteiger partial charge in [-0.05, 0) is 74.1 Å². The van der Waals surface area contributed by atoms with Crippen molar-refractivity contribution in [3.05, 3.63) is 53.1 Å². The lowest BCUT2D eigenvalue weighted by molar-refractivity contribution is -0.132. The Hall–Kier alpha value is -2.69. The molecule has 5 heteroatoms. The molecule has 0 saturated carbocycles. The van der Waals surface area contributed by atoms with Crippen LogP contribution in [0.5, 0.6) is 11.5 Å². The summed E-state index contributed by atoms with van der Waals surface area (Å²) < 4.78 is 10.6. The Kier molecular flexibility index (Phi) is 7.02. The SMILES string of the molecule is COc1ccc(CCC(=O)N2CCC[C@H](Nc3ccc(C)c(C)c3)C2)cc1OC. The quantitative estimate of drug-likeness (QED) is 0.756. The minimum Gasteiger partial charge on any atom is -0.493 e. The van der Waals surface area contributed by atoms with Gasteiger partial charge in [0.25, 0.3) is 0 Å². The predicted molar refractivity (Wildman–Crippen MR) is 117 cm³/mol. The molecule has 1 heterocycles. The van der Waals surface area contributed by atoms with Gasteiger partial charge in [-0.25, -0.2) is 0 Å². The second kappa shape index (κ2) is 9.68. The molecule has 1 N–H and O–H groups in total. The van der Waals surface area contributed by atoms with Gasteiger partial charge in [0.2, 0.25) is 5.91 Å². The summed E-state index contributed by atoms with van der Waals surface area (Å²) in [5, 5.41) is 3.61. The second-order valence-electron chi connectivity index (χ2n) is 7.81. The van der Waals surface area contributed by atoms with Gasteiger partial charge in [-0.2, -0.15) is 0 Å². The van der Waals surface area contributed by atoms with Gasteiger partial charge in [-0.3, -0.25) is 4.79 Å². The Morgan fingerprint density at radius 1 is 1.07 bits per heavy atom. The first-order valence-corrected chi connectivity index (χ1v) is 10.3. The van der Waals surface area contributed by atoms with Crippen LogP contribution in [0.1, 0.15) is 36.0 Å². The number of aryl methyl sites for hydroxylation is 3. The van der Waals surface area contributed by atoms with Gasteiger partial charge in [0.05, 0.1) is 14.2 Å². The van der Waals surface area contributed by atoms with Crippen LogP contribution >= 0.6 is 0 Å². The first-order chi connectivity index (χ1) is 14.0. The number of hydrogen-bond acceptors (Lipinski definition) is 4. The predicted octanol–water partition coefficient (Wildman–Crippen LogP) is 4.36. The molecule has 0 spiro atoms. The molecule has 29 heavy (non-hydrogen) atoms. The second-order valence-corrected chi connectivity index (χ2v) is 7.81. The van der Waals surface area contributed by atoms with Gasteiger partial charge in [0.15, 0.2) is 11.5 Å². The molecule has 1 atom stereocenters. The maximum atomic E-state index is 12.8. The van der Waals surface area contributed by atoms with Crippen molar-refractivity contribution in [1.82, 2.24) is 4.90 Å². The van der Waals surface area contributed by atoms with E-state index in [9.17, 15) is 4.79 Å². The van der Waals surface area contributed by atoms with Crippen molar-refractivity contribution in [2.75, 3.05) is 32.6 Å². The number of carbonyl (C=O) groups excluding carboxylic acids is 1. The Labute approximate surface area is 174 Å². The van der Waals surface area contributed by atoms with Crippen LogP contribution in [0.4, 0.5) is 5.69 Å². The van der Waals surface area contributed by atoms with Crippen molar-refractivity contribution in [2.24, 2.45) is 0 Å². The Morgan fingerprint density at radius 2 is 1.86 bits per heavy atom. The van der Waals surface area contributed by atoms with E-state index in [1.165, 1.54) is 11.1 Å². The molecular formula is C24H32N2O3. The number of amides is 1. The van der Waals surface area contributed by atoms with E-state index in [0.29, 0.717) is 30.4 Å². The minimum atomic E-state index is 0.214. The average Bonchev–Trinajstić information content (AvgIpc) is 2.74. The number of rotatable bonds is 7. The van der Waals surface area contributed by atoms with Crippen molar-refractivity contribution >= 4 is 11.6 Å². The van der Waals surface area contributed by atoms with Crippen LogP contribution < -0.4 is 14.8 Å². The normalized spacial score (nSPS) is 16.4. The summed E-state index contributed by atoms with van der Waals surface area (Å²) in [5.41, 5.74) is 4.80. The molecule has 2 aromatic carbocycles. The number of methoxy groups -OCH3 is 2. The van der Waals surface area contributed by atoms with Crippen LogP contribution in [-0.2, 0) is 11.2 Å². The van der Waals surface area contributed by atoms with Crippen LogP contribution in [0.2, 0.25) is 0 Å². The van der Waals surface area contributed by atoms with Gasteiger partial charge >= 0.3 is 0 Å². The molecule has 1 fully saturated rings. The highest BCUT2D eigenvalue weighted by Gasteiger charge is 2.23. The number of piperidine rings is 1. The van der Waals surface area contributed by atoms with E-state index in [1.54, 1.807) is 14.2 Å². The maximum absolute atomic E-state index is 12.8. The van der Waals surface area contributed by atoms with Crippen molar-refractivity contribution < 1.29 is 14.3 Å². The fourth-order valence-corrected chi connectivity index (χ4v) is 3.83. The van der Waals surface area contributed by atoms with E-state index < -0.39 is 0 Å². The van der Waals surface area contributed by atoms with E-state index in [1.807, 2.05) is 23.1 Å². The summed E-state index contributed by atoms with van der Waals surface area (Å²) in [6, 6.07) is 12.6. The van der Waals surface area contributed by atoms with Crippen LogP contribution in [-0.4, -0.2) is 44.2 Å². The zero-order chi connectivity index (χ0) is 20.8. The Balaban J connectivity index is 1.54. The molecule has 0 bridgehead atoms. The molecule has 1 saturated heterocycles. The van der Waals surface area contributed by atoms with Crippen LogP contribution in [0.3, 0.4) is 0 Å². The highest BCUT2D eigenvalue weighted by atomic mass is 16.5. The third-order valence-electron chi connectivity index (χ3n) is 5.73. The Morgan fingerprint density at radius 3 is 2.59 bits per heavy atom. The number of benzene rings is 2. The largest absolute Gasteiger partial charge is 0.493 e. The lowest BCUT2D eigenvalue weighted by Gasteiger charge is -2.34. The van der Waals surface area contributed by atoms with E-state index >= 15 is 0 Å². The first-order valence-electron chi connectivity index (χ1n) is 10.3. The maximum Gasteiger partial charge on any atom is 0.222 e. The van der Waals surface area contributed by atoms with E-state index in [0.717, 1.165) is 37.2 Å². The van der Waals surface area contributed by atoms with Gasteiger partial charge in [-0.15, -0.1) is 0 Å².